The van der Waals surface area contributed by atoms with Crippen molar-refractivity contribution >= 4 is 18.8 Å². The van der Waals surface area contributed by atoms with Gasteiger partial charge < -0.3 is 18.9 Å². The van der Waals surface area contributed by atoms with Gasteiger partial charge in [0.15, 0.2) is 0 Å². The molecular weight excluding hydrogens is 355 g/mol. The highest BCUT2D eigenvalue weighted by Crippen LogP contribution is 2.36. The van der Waals surface area contributed by atoms with Gasteiger partial charge in [-0.1, -0.05) is 0 Å². The molecule has 154 valence electrons. The zero-order valence-corrected chi connectivity index (χ0v) is 18.2. The highest BCUT2D eigenvalue weighted by molar-refractivity contribution is 6.61. The van der Waals surface area contributed by atoms with E-state index in [1.165, 1.54) is 0 Å². The van der Waals surface area contributed by atoms with Gasteiger partial charge in [0.2, 0.25) is 0 Å². The molecule has 0 bridgehead atoms. The molecule has 1 aromatic heterocycles. The lowest BCUT2D eigenvalue weighted by Crippen LogP contribution is -2.42. The molecule has 0 saturated carbocycles. The SMILES string of the molecule is CC(C)(C)OC(=O)N1CCCC(c2ccnc(B3OC(C)(C)C(C)(C)O3)c2)C1. The lowest BCUT2D eigenvalue weighted by molar-refractivity contribution is 0.00578. The summed E-state index contributed by atoms with van der Waals surface area (Å²) in [6, 6.07) is 4.09. The van der Waals surface area contributed by atoms with E-state index >= 15 is 0 Å². The van der Waals surface area contributed by atoms with Crippen LogP contribution in [0.4, 0.5) is 4.79 Å². The Balaban J connectivity index is 1.73. The Bertz CT molecular complexity index is 713. The van der Waals surface area contributed by atoms with E-state index < -0.39 is 23.9 Å². The fraction of sp³-hybridized carbons (Fsp3) is 0.714. The molecule has 2 aliphatic heterocycles. The third-order valence-electron chi connectivity index (χ3n) is 5.84. The van der Waals surface area contributed by atoms with Crippen LogP contribution < -0.4 is 5.59 Å². The van der Waals surface area contributed by atoms with Crippen LogP contribution in [-0.4, -0.2) is 53.0 Å². The van der Waals surface area contributed by atoms with Gasteiger partial charge in [0.1, 0.15) is 5.60 Å². The molecule has 1 unspecified atom stereocenters. The van der Waals surface area contributed by atoms with Crippen LogP contribution in [0.1, 0.15) is 72.8 Å². The number of carbonyl (C=O) groups excluding carboxylic acids is 1. The number of nitrogens with zero attached hydrogens (tertiary/aromatic N) is 2. The summed E-state index contributed by atoms with van der Waals surface area (Å²) < 4.78 is 17.8. The molecule has 0 spiro atoms. The van der Waals surface area contributed by atoms with E-state index in [0.717, 1.165) is 30.5 Å². The van der Waals surface area contributed by atoms with Crippen molar-refractivity contribution in [2.45, 2.75) is 84.0 Å². The number of aromatic nitrogens is 1. The van der Waals surface area contributed by atoms with E-state index in [9.17, 15) is 4.79 Å². The Morgan fingerprint density at radius 3 is 2.50 bits per heavy atom. The van der Waals surface area contributed by atoms with Crippen LogP contribution in [0.25, 0.3) is 0 Å². The highest BCUT2D eigenvalue weighted by Gasteiger charge is 2.52. The number of rotatable bonds is 2. The smallest absolute Gasteiger partial charge is 0.444 e. The van der Waals surface area contributed by atoms with Gasteiger partial charge in [-0.15, -0.1) is 0 Å². The summed E-state index contributed by atoms with van der Waals surface area (Å²) in [5.74, 6) is 0.255. The fourth-order valence-corrected chi connectivity index (χ4v) is 3.55. The van der Waals surface area contributed by atoms with Crippen molar-refractivity contribution < 1.29 is 18.8 Å². The fourth-order valence-electron chi connectivity index (χ4n) is 3.55. The Kier molecular flexibility index (Phi) is 5.54. The van der Waals surface area contributed by atoms with Gasteiger partial charge in [-0.05, 0) is 79.0 Å². The summed E-state index contributed by atoms with van der Waals surface area (Å²) in [5, 5.41) is 0. The predicted octanol–water partition coefficient (Wildman–Crippen LogP) is 3.50. The normalized spacial score (nSPS) is 24.3. The minimum atomic E-state index is -0.482. The average molecular weight is 388 g/mol. The van der Waals surface area contributed by atoms with Crippen LogP contribution in [0.15, 0.2) is 18.3 Å². The van der Waals surface area contributed by atoms with Gasteiger partial charge in [0, 0.05) is 25.2 Å². The lowest BCUT2D eigenvalue weighted by atomic mass is 9.81. The van der Waals surface area contributed by atoms with Gasteiger partial charge in [-0.25, -0.2) is 4.79 Å². The topological polar surface area (TPSA) is 60.9 Å². The Labute approximate surface area is 169 Å². The zero-order chi connectivity index (χ0) is 20.7. The second kappa shape index (κ2) is 7.34. The van der Waals surface area contributed by atoms with E-state index in [1.807, 2.05) is 65.6 Å². The van der Waals surface area contributed by atoms with E-state index in [1.54, 1.807) is 0 Å². The first-order valence-corrected chi connectivity index (χ1v) is 10.2. The Morgan fingerprint density at radius 2 is 1.89 bits per heavy atom. The number of piperidine rings is 1. The quantitative estimate of drug-likeness (QED) is 0.726. The molecule has 6 nitrogen and oxygen atoms in total. The first-order valence-electron chi connectivity index (χ1n) is 10.2. The van der Waals surface area contributed by atoms with E-state index in [2.05, 4.69) is 11.1 Å². The molecule has 1 atom stereocenters. The van der Waals surface area contributed by atoms with Crippen molar-refractivity contribution in [2.24, 2.45) is 0 Å². The minimum Gasteiger partial charge on any atom is -0.444 e. The van der Waals surface area contributed by atoms with Crippen molar-refractivity contribution in [3.05, 3.63) is 23.9 Å². The van der Waals surface area contributed by atoms with Crippen molar-refractivity contribution in [3.63, 3.8) is 0 Å². The van der Waals surface area contributed by atoms with Gasteiger partial charge in [0.25, 0.3) is 0 Å². The van der Waals surface area contributed by atoms with Gasteiger partial charge in [-0.2, -0.15) is 0 Å². The number of carbonyl (C=O) groups is 1. The summed E-state index contributed by atoms with van der Waals surface area (Å²) in [7, 11) is -0.476. The van der Waals surface area contributed by atoms with Crippen LogP contribution in [0, 0.1) is 0 Å². The molecule has 2 saturated heterocycles. The molecule has 7 heteroatoms. The second-order valence-electron chi connectivity index (χ2n) is 9.87. The molecular formula is C21H33BN2O4. The summed E-state index contributed by atoms with van der Waals surface area (Å²) >= 11 is 0. The molecule has 0 N–H and O–H groups in total. The summed E-state index contributed by atoms with van der Waals surface area (Å²) in [5.41, 5.74) is 0.671. The maximum Gasteiger partial charge on any atom is 0.514 e. The van der Waals surface area contributed by atoms with E-state index in [4.69, 9.17) is 14.0 Å². The van der Waals surface area contributed by atoms with Crippen LogP contribution >= 0.6 is 0 Å². The minimum absolute atomic E-state index is 0.238. The third-order valence-corrected chi connectivity index (χ3v) is 5.84. The number of ether oxygens (including phenoxy) is 1. The van der Waals surface area contributed by atoms with Crippen molar-refractivity contribution in [1.82, 2.24) is 9.88 Å². The number of pyridine rings is 1. The maximum absolute atomic E-state index is 12.5. The van der Waals surface area contributed by atoms with Gasteiger partial charge in [0.05, 0.1) is 16.8 Å². The largest absolute Gasteiger partial charge is 0.514 e. The first-order chi connectivity index (χ1) is 12.9. The number of likely N-dealkylation sites (tertiary alicyclic amines) is 1. The molecule has 1 amide bonds. The zero-order valence-electron chi connectivity index (χ0n) is 18.2. The summed E-state index contributed by atoms with van der Waals surface area (Å²) in [6.07, 6.45) is 3.56. The number of hydrogen-bond donors (Lipinski definition) is 0. The highest BCUT2D eigenvalue weighted by atomic mass is 16.7. The number of hydrogen-bond acceptors (Lipinski definition) is 5. The van der Waals surface area contributed by atoms with Crippen LogP contribution in [0.5, 0.6) is 0 Å². The Morgan fingerprint density at radius 1 is 1.25 bits per heavy atom. The molecule has 0 radical (unpaired) electrons. The van der Waals surface area contributed by atoms with Gasteiger partial charge >= 0.3 is 13.2 Å². The van der Waals surface area contributed by atoms with Crippen molar-refractivity contribution in [1.29, 1.82) is 0 Å². The van der Waals surface area contributed by atoms with Crippen LogP contribution in [-0.2, 0) is 14.0 Å². The third kappa shape index (κ3) is 4.52. The predicted molar refractivity (Wildman–Crippen MR) is 110 cm³/mol. The van der Waals surface area contributed by atoms with Crippen LogP contribution in [0.3, 0.4) is 0 Å². The van der Waals surface area contributed by atoms with E-state index in [0.29, 0.717) is 6.54 Å². The molecule has 0 aliphatic carbocycles. The summed E-state index contributed by atoms with van der Waals surface area (Å²) in [6.45, 7) is 15.2. The van der Waals surface area contributed by atoms with E-state index in [-0.39, 0.29) is 12.0 Å². The maximum atomic E-state index is 12.5. The summed E-state index contributed by atoms with van der Waals surface area (Å²) in [4.78, 5) is 18.8. The van der Waals surface area contributed by atoms with Gasteiger partial charge in [-0.3, -0.25) is 4.98 Å². The monoisotopic (exact) mass is 388 g/mol. The second-order valence-corrected chi connectivity index (χ2v) is 9.87. The van der Waals surface area contributed by atoms with Crippen molar-refractivity contribution in [3.8, 4) is 0 Å². The molecule has 1 aromatic rings. The number of amides is 1. The molecule has 3 rings (SSSR count). The first kappa shape index (κ1) is 21.1. The van der Waals surface area contributed by atoms with Crippen molar-refractivity contribution in [2.75, 3.05) is 13.1 Å². The molecule has 0 aromatic carbocycles. The lowest BCUT2D eigenvalue weighted by Gasteiger charge is -2.34. The standard InChI is InChI=1S/C21H33BN2O4/c1-19(2,3)26-18(25)24-12-8-9-16(14-24)15-10-11-23-17(13-15)22-27-20(4,5)21(6,7)28-22/h10-11,13,16H,8-9,12,14H2,1-7H3. The Hall–Kier alpha value is -1.60. The van der Waals surface area contributed by atoms with Crippen LogP contribution in [0.2, 0.25) is 0 Å². The average Bonchev–Trinajstić information content (AvgIpc) is 2.81. The molecule has 2 fully saturated rings. The molecule has 3 heterocycles. The molecule has 2 aliphatic rings. The molecule has 28 heavy (non-hydrogen) atoms.